The third-order valence-corrected chi connectivity index (χ3v) is 13.3. The molecule has 332 valence electrons. The van der Waals surface area contributed by atoms with E-state index >= 15 is 0 Å². The Balaban J connectivity index is 0.000000182. The fourth-order valence-corrected chi connectivity index (χ4v) is 10.6. The minimum Gasteiger partial charge on any atom is -0.507 e. The summed E-state index contributed by atoms with van der Waals surface area (Å²) in [4.78, 5) is 47.7. The molecule has 4 heterocycles. The van der Waals surface area contributed by atoms with Crippen LogP contribution in [0.15, 0.2) is 35.8 Å². The summed E-state index contributed by atoms with van der Waals surface area (Å²) in [7, 11) is 0. The van der Waals surface area contributed by atoms with Gasteiger partial charge >= 0.3 is 23.5 Å². The molecule has 13 heteroatoms. The Kier molecular flexibility index (Phi) is 14.0. The molecule has 2 aromatic rings. The maximum atomic E-state index is 13.2. The summed E-state index contributed by atoms with van der Waals surface area (Å²) >= 11 is 4.72. The van der Waals surface area contributed by atoms with Crippen molar-refractivity contribution in [2.45, 2.75) is 155 Å². The molecule has 6 aliphatic rings. The summed E-state index contributed by atoms with van der Waals surface area (Å²) in [6, 6.07) is 8.14. The summed E-state index contributed by atoms with van der Waals surface area (Å²) in [5.74, 6) is -0.405. The predicted octanol–water partition coefficient (Wildman–Crippen LogP) is 10.6. The molecule has 1 N–H and O–H groups in total. The second kappa shape index (κ2) is 18.5. The molecule has 0 bridgehead atoms. The average molecular weight is 865 g/mol. The van der Waals surface area contributed by atoms with E-state index in [0.717, 1.165) is 109 Å². The fourth-order valence-electron chi connectivity index (χ4n) is 10.5. The minimum absolute atomic E-state index is 0.0591. The first-order chi connectivity index (χ1) is 28.9. The molecule has 4 spiro atoms. The van der Waals surface area contributed by atoms with E-state index in [2.05, 4.69) is 4.74 Å². The van der Waals surface area contributed by atoms with Gasteiger partial charge in [-0.05, 0) is 166 Å². The number of ether oxygens (including phenoxy) is 7. The van der Waals surface area contributed by atoms with Gasteiger partial charge in [0.25, 0.3) is 0 Å². The van der Waals surface area contributed by atoms with Gasteiger partial charge in [0.1, 0.15) is 11.1 Å². The van der Waals surface area contributed by atoms with Crippen LogP contribution < -0.4 is 0 Å². The molecular formula is C48H61ClO12. The minimum atomic E-state index is -0.944. The first kappa shape index (κ1) is 46.1. The van der Waals surface area contributed by atoms with Crippen molar-refractivity contribution in [2.24, 2.45) is 0 Å². The summed E-state index contributed by atoms with van der Waals surface area (Å²) < 4.78 is 38.7. The highest BCUT2D eigenvalue weighted by Crippen LogP contribution is 2.54. The van der Waals surface area contributed by atoms with Crippen LogP contribution in [0.3, 0.4) is 0 Å². The van der Waals surface area contributed by atoms with Crippen LogP contribution in [0.4, 0.5) is 9.59 Å². The van der Waals surface area contributed by atoms with Crippen LogP contribution in [0.1, 0.15) is 135 Å². The summed E-state index contributed by atoms with van der Waals surface area (Å²) in [6.45, 7) is 17.5. The first-order valence-electron chi connectivity index (χ1n) is 21.7. The molecule has 2 aromatic carbocycles. The lowest BCUT2D eigenvalue weighted by molar-refractivity contribution is -0.157. The number of aliphatic hydroxyl groups excluding tert-OH is 1. The maximum Gasteiger partial charge on any atom is 0.513 e. The third kappa shape index (κ3) is 9.51. The Hall–Kier alpha value is -4.39. The number of carbonyl (C=O) groups excluding carboxylic acids is 4. The van der Waals surface area contributed by atoms with Gasteiger partial charge in [0.05, 0.1) is 24.4 Å². The number of halogens is 1. The molecule has 4 fully saturated rings. The summed E-state index contributed by atoms with van der Waals surface area (Å²) in [6.07, 6.45) is 9.09. The molecule has 8 rings (SSSR count). The number of hydrogen-bond acceptors (Lipinski definition) is 12. The zero-order valence-corrected chi connectivity index (χ0v) is 37.7. The van der Waals surface area contributed by atoms with E-state index in [1.807, 2.05) is 65.8 Å². The molecule has 4 aliphatic heterocycles. The number of hydrogen-bond donors (Lipinski definition) is 1. The number of benzene rings is 2. The van der Waals surface area contributed by atoms with Gasteiger partial charge < -0.3 is 38.3 Å². The van der Waals surface area contributed by atoms with Crippen molar-refractivity contribution in [3.8, 4) is 0 Å². The van der Waals surface area contributed by atoms with E-state index in [0.29, 0.717) is 49.2 Å². The molecule has 12 nitrogen and oxygen atoms in total. The molecule has 61 heavy (non-hydrogen) atoms. The van der Waals surface area contributed by atoms with Crippen LogP contribution in [-0.4, -0.2) is 77.5 Å². The number of esters is 2. The third-order valence-electron chi connectivity index (χ3n) is 13.2. The lowest BCUT2D eigenvalue weighted by Crippen LogP contribution is -2.44. The van der Waals surface area contributed by atoms with Crippen LogP contribution in [0.2, 0.25) is 0 Å². The first-order valence-corrected chi connectivity index (χ1v) is 22.1. The van der Waals surface area contributed by atoms with Crippen molar-refractivity contribution >= 4 is 46.3 Å². The molecule has 2 aliphatic carbocycles. The molecule has 0 atom stereocenters. The fraction of sp³-hybridized carbons (Fsp3) is 0.583. The van der Waals surface area contributed by atoms with Crippen molar-refractivity contribution < 1.29 is 57.4 Å². The van der Waals surface area contributed by atoms with Crippen molar-refractivity contribution in [2.75, 3.05) is 26.4 Å². The van der Waals surface area contributed by atoms with E-state index in [9.17, 15) is 24.3 Å². The second-order valence-electron chi connectivity index (χ2n) is 17.5. The zero-order chi connectivity index (χ0) is 44.3. The lowest BCUT2D eigenvalue weighted by Gasteiger charge is -2.41. The Morgan fingerprint density at radius 2 is 1.03 bits per heavy atom. The number of aryl methyl sites for hydroxylation is 6. The largest absolute Gasteiger partial charge is 0.513 e. The second-order valence-corrected chi connectivity index (χ2v) is 17.8. The Bertz CT molecular complexity index is 2040. The van der Waals surface area contributed by atoms with Crippen LogP contribution in [0.5, 0.6) is 0 Å². The zero-order valence-electron chi connectivity index (χ0n) is 36.9. The number of aliphatic hydroxyl groups is 1. The van der Waals surface area contributed by atoms with Gasteiger partial charge in [-0.1, -0.05) is 35.4 Å². The SMILES string of the molecule is CCOC(=O)Cl.CCOC(=O)OC1=C(c2c(C)cc(C)cc2C)C(=O)OC12CCC1(CCCO1)CC2.Cc1cc(C)c(C2=C(O)C3(CCC4(CCCO4)CC3)OC2=O)c(C)c1. The van der Waals surface area contributed by atoms with E-state index in [1.54, 1.807) is 13.8 Å². The Morgan fingerprint density at radius 3 is 1.43 bits per heavy atom. The van der Waals surface area contributed by atoms with Gasteiger partial charge in [-0.3, -0.25) is 0 Å². The van der Waals surface area contributed by atoms with Crippen LogP contribution in [0.25, 0.3) is 11.1 Å². The van der Waals surface area contributed by atoms with Gasteiger partial charge in [-0.25, -0.2) is 19.2 Å². The van der Waals surface area contributed by atoms with Gasteiger partial charge in [0.15, 0.2) is 22.7 Å². The van der Waals surface area contributed by atoms with E-state index in [1.165, 1.54) is 0 Å². The lowest BCUT2D eigenvalue weighted by atomic mass is 9.73. The maximum absolute atomic E-state index is 13.2. The van der Waals surface area contributed by atoms with Crippen molar-refractivity contribution in [3.05, 3.63) is 80.3 Å². The molecule has 2 saturated carbocycles. The molecule has 0 aromatic heterocycles. The smallest absolute Gasteiger partial charge is 0.507 e. The van der Waals surface area contributed by atoms with Crippen molar-refractivity contribution in [1.29, 1.82) is 0 Å². The standard InChI is InChI=1S/C24H30O6.C21H26O4.C3H5ClO2/c1-5-27-22(26)29-20-19(18-16(3)13-15(2)14-17(18)4)21(25)30-24(20)10-8-23(9-11-24)7-6-12-28-23;1-13-11-14(2)16(15(3)12-13)17-18(22)21(25-19(17)23)8-6-20(7-9-21)5-4-10-24-20;1-2-6-3(4)5/h13-14H,5-12H2,1-4H3;11-12,22H,4-10H2,1-3H3;2H2,1H3. The predicted molar refractivity (Wildman–Crippen MR) is 229 cm³/mol. The average Bonchev–Trinajstić information content (AvgIpc) is 3.95. The van der Waals surface area contributed by atoms with Gasteiger partial charge in [0.2, 0.25) is 0 Å². The van der Waals surface area contributed by atoms with Crippen LogP contribution in [0, 0.1) is 41.5 Å². The monoisotopic (exact) mass is 864 g/mol. The van der Waals surface area contributed by atoms with Gasteiger partial charge in [-0.15, -0.1) is 0 Å². The van der Waals surface area contributed by atoms with E-state index < -0.39 is 34.7 Å². The van der Waals surface area contributed by atoms with Crippen molar-refractivity contribution in [3.63, 3.8) is 0 Å². The highest BCUT2D eigenvalue weighted by atomic mass is 35.5. The van der Waals surface area contributed by atoms with E-state index in [-0.39, 0.29) is 23.6 Å². The quantitative estimate of drug-likeness (QED) is 0.173. The van der Waals surface area contributed by atoms with Crippen LogP contribution in [-0.2, 0) is 42.7 Å². The number of rotatable bonds is 5. The molecular weight excluding hydrogens is 804 g/mol. The Morgan fingerprint density at radius 1 is 0.623 bits per heavy atom. The van der Waals surface area contributed by atoms with Gasteiger partial charge in [0, 0.05) is 24.8 Å². The number of carbonyl (C=O) groups is 4. The summed E-state index contributed by atoms with van der Waals surface area (Å²) in [5.41, 5.74) is 5.74. The van der Waals surface area contributed by atoms with Crippen LogP contribution >= 0.6 is 11.6 Å². The van der Waals surface area contributed by atoms with Crippen molar-refractivity contribution in [1.82, 2.24) is 0 Å². The highest BCUT2D eigenvalue weighted by molar-refractivity contribution is 6.61. The highest BCUT2D eigenvalue weighted by Gasteiger charge is 2.57. The molecule has 0 radical (unpaired) electrons. The topological polar surface area (TPSA) is 153 Å². The Labute approximate surface area is 364 Å². The van der Waals surface area contributed by atoms with E-state index in [4.69, 9.17) is 40.0 Å². The van der Waals surface area contributed by atoms with Gasteiger partial charge in [-0.2, -0.15) is 0 Å². The molecule has 2 saturated heterocycles. The molecule has 0 unspecified atom stereocenters. The normalized spacial score (nSPS) is 27.8. The molecule has 0 amide bonds. The summed E-state index contributed by atoms with van der Waals surface area (Å²) in [5, 5.41) is 11.0.